The maximum atomic E-state index is 3.49. The van der Waals surface area contributed by atoms with E-state index in [1.54, 1.807) is 6.04 Å². The Labute approximate surface area is 56.8 Å². The second-order valence-corrected chi connectivity index (χ2v) is 3.26. The average Bonchev–Trinajstić information content (AvgIpc) is 2.21. The van der Waals surface area contributed by atoms with Crippen LogP contribution in [0.25, 0.3) is 0 Å². The minimum atomic E-state index is 1.06. The Balaban J connectivity index is 2.03. The molecule has 2 saturated heterocycles. The molecule has 0 spiro atoms. The number of hydrogen-bond acceptors (Lipinski definition) is 1. The van der Waals surface area contributed by atoms with Crippen LogP contribution in [0.5, 0.6) is 0 Å². The molecule has 3 rings (SSSR count). The second-order valence-electron chi connectivity index (χ2n) is 3.26. The van der Waals surface area contributed by atoms with Crippen molar-refractivity contribution in [3.8, 4) is 0 Å². The van der Waals surface area contributed by atoms with E-state index in [2.05, 4.69) is 5.32 Å². The van der Waals surface area contributed by atoms with Gasteiger partial charge in [0.1, 0.15) is 0 Å². The first kappa shape index (κ1) is 5.72. The maximum Gasteiger partial charge on any atom is 0.0364 e. The molecule has 3 fully saturated rings. The monoisotopic (exact) mass is 124 g/mol. The third-order valence-electron chi connectivity index (χ3n) is 2.64. The van der Waals surface area contributed by atoms with Gasteiger partial charge in [0.15, 0.2) is 0 Å². The highest BCUT2D eigenvalue weighted by Gasteiger charge is 2.24. The van der Waals surface area contributed by atoms with E-state index in [9.17, 15) is 0 Å². The summed E-state index contributed by atoms with van der Waals surface area (Å²) in [6, 6.07) is 1.63. The summed E-state index contributed by atoms with van der Waals surface area (Å²) in [5.74, 6) is 1.06. The molecule has 1 nitrogen and oxygen atoms in total. The van der Waals surface area contributed by atoms with Crippen molar-refractivity contribution in [2.75, 3.05) is 6.54 Å². The summed E-state index contributed by atoms with van der Waals surface area (Å²) in [4.78, 5) is 0. The van der Waals surface area contributed by atoms with E-state index in [4.69, 9.17) is 0 Å². The topological polar surface area (TPSA) is 12.0 Å². The maximum absolute atomic E-state index is 3.49. The highest BCUT2D eigenvalue weighted by atomic mass is 14.9. The van der Waals surface area contributed by atoms with E-state index >= 15 is 0 Å². The SMILES string of the molecule is C1CC2CC[C](CC2)N1. The molecule has 0 unspecified atom stereocenters. The predicted molar refractivity (Wildman–Crippen MR) is 37.8 cm³/mol. The van der Waals surface area contributed by atoms with E-state index in [1.807, 2.05) is 0 Å². The molecular formula is C8H14N. The molecule has 1 heteroatoms. The normalized spacial score (nSPS) is 30.7. The van der Waals surface area contributed by atoms with Crippen LogP contribution in [0.15, 0.2) is 0 Å². The Hall–Kier alpha value is -0.0400. The van der Waals surface area contributed by atoms with Crippen LogP contribution in [0.4, 0.5) is 0 Å². The van der Waals surface area contributed by atoms with Crippen molar-refractivity contribution in [2.24, 2.45) is 5.92 Å². The fraction of sp³-hybridized carbons (Fsp3) is 0.875. The summed E-state index contributed by atoms with van der Waals surface area (Å²) < 4.78 is 0. The molecule has 0 amide bonds. The Morgan fingerprint density at radius 3 is 2.67 bits per heavy atom. The molecule has 1 radical (unpaired) electrons. The van der Waals surface area contributed by atoms with Gasteiger partial charge in [-0.3, -0.25) is 0 Å². The van der Waals surface area contributed by atoms with Crippen molar-refractivity contribution < 1.29 is 0 Å². The number of nitrogens with one attached hydrogen (secondary N) is 1. The van der Waals surface area contributed by atoms with Gasteiger partial charge in [-0.2, -0.15) is 0 Å². The molecule has 9 heavy (non-hydrogen) atoms. The summed E-state index contributed by atoms with van der Waals surface area (Å²) in [5.41, 5.74) is 0. The van der Waals surface area contributed by atoms with E-state index in [0.717, 1.165) is 5.92 Å². The lowest BCUT2D eigenvalue weighted by Gasteiger charge is -2.21. The Bertz CT molecular complexity index is 75.2. The van der Waals surface area contributed by atoms with Gasteiger partial charge in [0.2, 0.25) is 0 Å². The van der Waals surface area contributed by atoms with Crippen molar-refractivity contribution in [1.29, 1.82) is 0 Å². The van der Waals surface area contributed by atoms with Gasteiger partial charge in [0.05, 0.1) is 0 Å². The summed E-state index contributed by atoms with van der Waals surface area (Å²) in [5, 5.41) is 3.49. The molecule has 0 aromatic heterocycles. The minimum Gasteiger partial charge on any atom is -0.309 e. The second kappa shape index (κ2) is 2.30. The van der Waals surface area contributed by atoms with Crippen LogP contribution in [0.1, 0.15) is 32.1 Å². The van der Waals surface area contributed by atoms with Crippen molar-refractivity contribution >= 4 is 0 Å². The highest BCUT2D eigenvalue weighted by Crippen LogP contribution is 2.32. The van der Waals surface area contributed by atoms with Crippen LogP contribution in [-0.4, -0.2) is 6.54 Å². The van der Waals surface area contributed by atoms with Crippen LogP contribution < -0.4 is 5.32 Å². The molecule has 0 atom stereocenters. The lowest BCUT2D eigenvalue weighted by Crippen LogP contribution is -2.19. The van der Waals surface area contributed by atoms with Crippen LogP contribution in [0, 0.1) is 12.0 Å². The van der Waals surface area contributed by atoms with Gasteiger partial charge in [-0.25, -0.2) is 0 Å². The summed E-state index contributed by atoms with van der Waals surface area (Å²) in [7, 11) is 0. The molecule has 1 N–H and O–H groups in total. The van der Waals surface area contributed by atoms with Crippen molar-refractivity contribution in [3.05, 3.63) is 6.04 Å². The quantitative estimate of drug-likeness (QED) is 0.518. The zero-order chi connectivity index (χ0) is 6.10. The van der Waals surface area contributed by atoms with E-state index in [0.29, 0.717) is 0 Å². The standard InChI is InChI=1S/C8H14N/c1-3-8-4-2-7(1)5-6-9-8/h7,9H,1-6H2. The lowest BCUT2D eigenvalue weighted by molar-refractivity contribution is 0.394. The Morgan fingerprint density at radius 2 is 1.89 bits per heavy atom. The van der Waals surface area contributed by atoms with Crippen molar-refractivity contribution in [1.82, 2.24) is 5.32 Å². The van der Waals surface area contributed by atoms with Crippen molar-refractivity contribution in [2.45, 2.75) is 32.1 Å². The summed E-state index contributed by atoms with van der Waals surface area (Å²) >= 11 is 0. The van der Waals surface area contributed by atoms with Gasteiger partial charge >= 0.3 is 0 Å². The van der Waals surface area contributed by atoms with E-state index < -0.39 is 0 Å². The molecule has 1 aliphatic carbocycles. The highest BCUT2D eigenvalue weighted by molar-refractivity contribution is 4.95. The van der Waals surface area contributed by atoms with Gasteiger partial charge in [-0.05, 0) is 44.6 Å². The van der Waals surface area contributed by atoms with Crippen LogP contribution in [0.3, 0.4) is 0 Å². The fourth-order valence-electron chi connectivity index (χ4n) is 1.94. The Morgan fingerprint density at radius 1 is 1.11 bits per heavy atom. The zero-order valence-corrected chi connectivity index (χ0v) is 5.82. The van der Waals surface area contributed by atoms with Gasteiger partial charge in [-0.1, -0.05) is 0 Å². The van der Waals surface area contributed by atoms with Crippen molar-refractivity contribution in [3.63, 3.8) is 0 Å². The third-order valence-corrected chi connectivity index (χ3v) is 2.64. The summed E-state index contributed by atoms with van der Waals surface area (Å²) in [6.07, 6.45) is 7.07. The third kappa shape index (κ3) is 1.11. The lowest BCUT2D eigenvalue weighted by atomic mass is 9.87. The molecule has 2 aliphatic heterocycles. The van der Waals surface area contributed by atoms with Gasteiger partial charge < -0.3 is 5.32 Å². The molecule has 2 heterocycles. The van der Waals surface area contributed by atoms with Gasteiger partial charge in [0, 0.05) is 6.04 Å². The van der Waals surface area contributed by atoms with Crippen LogP contribution in [0.2, 0.25) is 0 Å². The largest absolute Gasteiger partial charge is 0.309 e. The molecule has 0 aromatic rings. The van der Waals surface area contributed by atoms with E-state index in [-0.39, 0.29) is 0 Å². The first-order valence-corrected chi connectivity index (χ1v) is 4.04. The molecule has 2 bridgehead atoms. The van der Waals surface area contributed by atoms with Crippen LogP contribution >= 0.6 is 0 Å². The number of rotatable bonds is 0. The molecular weight excluding hydrogens is 110 g/mol. The minimum absolute atomic E-state index is 1.06. The molecule has 1 saturated carbocycles. The first-order chi connectivity index (χ1) is 4.45. The van der Waals surface area contributed by atoms with Gasteiger partial charge in [0.25, 0.3) is 0 Å². The van der Waals surface area contributed by atoms with Crippen LogP contribution in [-0.2, 0) is 0 Å². The first-order valence-electron chi connectivity index (χ1n) is 4.04. The fourth-order valence-corrected chi connectivity index (χ4v) is 1.94. The van der Waals surface area contributed by atoms with E-state index in [1.165, 1.54) is 38.6 Å². The smallest absolute Gasteiger partial charge is 0.0364 e. The molecule has 3 aliphatic rings. The summed E-state index contributed by atoms with van der Waals surface area (Å²) in [6.45, 7) is 1.25. The number of fused-ring (bicyclic) bond motifs is 4. The molecule has 51 valence electrons. The predicted octanol–water partition coefficient (Wildman–Crippen LogP) is 1.70. The average molecular weight is 124 g/mol. The zero-order valence-electron chi connectivity index (χ0n) is 5.82. The molecule has 0 aromatic carbocycles. The van der Waals surface area contributed by atoms with Gasteiger partial charge in [-0.15, -0.1) is 0 Å². The number of hydrogen-bond donors (Lipinski definition) is 1. The Kier molecular flexibility index (Phi) is 1.46.